The normalized spacial score (nSPS) is 30.9. The third kappa shape index (κ3) is 4.29. The lowest BCUT2D eigenvalue weighted by molar-refractivity contribution is -0.126. The molecule has 0 bridgehead atoms. The van der Waals surface area contributed by atoms with Gasteiger partial charge in [0.05, 0.1) is 12.0 Å². The third-order valence-electron chi connectivity index (χ3n) is 4.67. The molecule has 0 aromatic heterocycles. The number of amides is 1. The molecule has 2 rings (SSSR count). The van der Waals surface area contributed by atoms with Gasteiger partial charge in [0.1, 0.15) is 0 Å². The van der Waals surface area contributed by atoms with Crippen molar-refractivity contribution in [1.82, 2.24) is 5.32 Å². The zero-order valence-corrected chi connectivity index (χ0v) is 13.2. The molecule has 0 saturated heterocycles. The minimum Gasteiger partial charge on any atom is -0.389 e. The van der Waals surface area contributed by atoms with E-state index in [0.29, 0.717) is 5.75 Å². The molecule has 0 spiro atoms. The van der Waals surface area contributed by atoms with Gasteiger partial charge in [-0.15, -0.1) is 0 Å². The zero-order valence-electron chi connectivity index (χ0n) is 12.4. The van der Waals surface area contributed by atoms with Crippen molar-refractivity contribution in [2.24, 2.45) is 0 Å². The average Bonchev–Trinajstić information content (AvgIpc) is 2.84. The van der Waals surface area contributed by atoms with Crippen molar-refractivity contribution in [3.05, 3.63) is 0 Å². The summed E-state index contributed by atoms with van der Waals surface area (Å²) in [4.78, 5) is 12.1. The summed E-state index contributed by atoms with van der Waals surface area (Å²) in [7, 11) is -0.762. The Bertz CT molecular complexity index is 366. The largest absolute Gasteiger partial charge is 0.389 e. The topological polar surface area (TPSA) is 66.4 Å². The Labute approximate surface area is 124 Å². The summed E-state index contributed by atoms with van der Waals surface area (Å²) in [6.45, 7) is 1.95. The molecule has 3 atom stereocenters. The maximum atomic E-state index is 12.1. The minimum atomic E-state index is -0.773. The summed E-state index contributed by atoms with van der Waals surface area (Å²) in [6.07, 6.45) is 7.59. The lowest BCUT2D eigenvalue weighted by Gasteiger charge is -2.30. The molecule has 2 aliphatic carbocycles. The van der Waals surface area contributed by atoms with Gasteiger partial charge in [-0.25, -0.2) is 0 Å². The van der Waals surface area contributed by atoms with Gasteiger partial charge in [0.2, 0.25) is 5.91 Å². The van der Waals surface area contributed by atoms with E-state index in [1.165, 1.54) is 0 Å². The second-order valence-electron chi connectivity index (χ2n) is 6.33. The molecule has 2 N–H and O–H groups in total. The van der Waals surface area contributed by atoms with Gasteiger partial charge in [0, 0.05) is 27.8 Å². The summed E-state index contributed by atoms with van der Waals surface area (Å²) in [5, 5.41) is 13.5. The van der Waals surface area contributed by atoms with Crippen molar-refractivity contribution in [2.45, 2.75) is 81.6 Å². The Hall–Kier alpha value is -0.420. The molecule has 0 aromatic carbocycles. The fraction of sp³-hybridized carbons (Fsp3) is 0.933. The Morgan fingerprint density at radius 1 is 1.30 bits per heavy atom. The monoisotopic (exact) mass is 301 g/mol. The van der Waals surface area contributed by atoms with Crippen LogP contribution in [-0.2, 0) is 15.6 Å². The molecule has 5 heteroatoms. The van der Waals surface area contributed by atoms with Crippen LogP contribution in [0.3, 0.4) is 0 Å². The van der Waals surface area contributed by atoms with Crippen LogP contribution in [0.15, 0.2) is 0 Å². The fourth-order valence-electron chi connectivity index (χ4n) is 3.54. The molecular weight excluding hydrogens is 274 g/mol. The summed E-state index contributed by atoms with van der Waals surface area (Å²) in [5.41, 5.74) is -0.773. The molecule has 2 aliphatic rings. The van der Waals surface area contributed by atoms with Crippen molar-refractivity contribution in [2.75, 3.05) is 5.75 Å². The second-order valence-corrected chi connectivity index (χ2v) is 8.34. The Kier molecular flexibility index (Phi) is 5.61. The fourth-order valence-corrected chi connectivity index (χ4v) is 4.89. The predicted octanol–water partition coefficient (Wildman–Crippen LogP) is 1.88. The number of nitrogens with one attached hydrogen (secondary N) is 1. The Morgan fingerprint density at radius 3 is 2.65 bits per heavy atom. The maximum absolute atomic E-state index is 12.1. The molecular formula is C15H27NO3S. The molecule has 116 valence electrons. The second kappa shape index (κ2) is 7.03. The van der Waals surface area contributed by atoms with Crippen LogP contribution in [0.1, 0.15) is 64.7 Å². The minimum absolute atomic E-state index is 0.0395. The number of rotatable bonds is 5. The molecule has 4 nitrogen and oxygen atoms in total. The smallest absolute Gasteiger partial charge is 0.223 e. The van der Waals surface area contributed by atoms with E-state index in [0.717, 1.165) is 51.4 Å². The standard InChI is InChI=1S/C15H27NO3S/c1-2-20(19)13-7-5-6-12(10-13)16-14(17)11-15(18)8-3-4-9-15/h12-13,18H,2-11H2,1H3,(H,16,17). The van der Waals surface area contributed by atoms with Crippen molar-refractivity contribution in [3.8, 4) is 0 Å². The predicted molar refractivity (Wildman–Crippen MR) is 80.9 cm³/mol. The average molecular weight is 301 g/mol. The number of carbonyl (C=O) groups excluding carboxylic acids is 1. The summed E-state index contributed by atoms with van der Waals surface area (Å²) in [5.74, 6) is 0.660. The first kappa shape index (κ1) is 16.0. The van der Waals surface area contributed by atoms with E-state index in [4.69, 9.17) is 0 Å². The number of hydrogen-bond donors (Lipinski definition) is 2. The van der Waals surface area contributed by atoms with E-state index >= 15 is 0 Å². The van der Waals surface area contributed by atoms with E-state index < -0.39 is 16.4 Å². The summed E-state index contributed by atoms with van der Waals surface area (Å²) >= 11 is 0. The first-order chi connectivity index (χ1) is 9.52. The zero-order chi connectivity index (χ0) is 14.6. The Morgan fingerprint density at radius 2 is 2.00 bits per heavy atom. The maximum Gasteiger partial charge on any atom is 0.223 e. The molecule has 0 radical (unpaired) electrons. The van der Waals surface area contributed by atoms with Crippen molar-refractivity contribution in [1.29, 1.82) is 0 Å². The first-order valence-electron chi connectivity index (χ1n) is 7.91. The van der Waals surface area contributed by atoms with E-state index in [-0.39, 0.29) is 23.6 Å². The van der Waals surface area contributed by atoms with Gasteiger partial charge in [-0.3, -0.25) is 9.00 Å². The quantitative estimate of drug-likeness (QED) is 0.815. The van der Waals surface area contributed by atoms with Crippen LogP contribution in [0.5, 0.6) is 0 Å². The summed E-state index contributed by atoms with van der Waals surface area (Å²) < 4.78 is 11.9. The van der Waals surface area contributed by atoms with Crippen LogP contribution in [0.25, 0.3) is 0 Å². The van der Waals surface area contributed by atoms with Crippen LogP contribution in [0.2, 0.25) is 0 Å². The highest BCUT2D eigenvalue weighted by Crippen LogP contribution is 2.32. The van der Waals surface area contributed by atoms with Crippen molar-refractivity contribution >= 4 is 16.7 Å². The van der Waals surface area contributed by atoms with Gasteiger partial charge in [0.15, 0.2) is 0 Å². The number of carbonyl (C=O) groups is 1. The highest BCUT2D eigenvalue weighted by molar-refractivity contribution is 7.85. The molecule has 3 unspecified atom stereocenters. The van der Waals surface area contributed by atoms with Crippen molar-refractivity contribution < 1.29 is 14.1 Å². The van der Waals surface area contributed by atoms with Gasteiger partial charge in [-0.2, -0.15) is 0 Å². The molecule has 0 heterocycles. The third-order valence-corrected chi connectivity index (χ3v) is 6.41. The first-order valence-corrected chi connectivity index (χ1v) is 9.29. The Balaban J connectivity index is 1.80. The van der Waals surface area contributed by atoms with Gasteiger partial charge in [0.25, 0.3) is 0 Å². The molecule has 0 aliphatic heterocycles. The van der Waals surface area contributed by atoms with Crippen molar-refractivity contribution in [3.63, 3.8) is 0 Å². The van der Waals surface area contributed by atoms with Gasteiger partial charge in [-0.1, -0.05) is 26.2 Å². The van der Waals surface area contributed by atoms with Crippen LogP contribution >= 0.6 is 0 Å². The van der Waals surface area contributed by atoms with E-state index in [2.05, 4.69) is 5.32 Å². The van der Waals surface area contributed by atoms with Crippen LogP contribution in [0.4, 0.5) is 0 Å². The van der Waals surface area contributed by atoms with Crippen LogP contribution in [-0.4, -0.2) is 37.9 Å². The molecule has 1 amide bonds. The van der Waals surface area contributed by atoms with E-state index in [1.807, 2.05) is 6.92 Å². The highest BCUT2D eigenvalue weighted by Gasteiger charge is 2.34. The van der Waals surface area contributed by atoms with E-state index in [9.17, 15) is 14.1 Å². The molecule has 0 aromatic rings. The molecule has 20 heavy (non-hydrogen) atoms. The summed E-state index contributed by atoms with van der Waals surface area (Å²) in [6, 6.07) is 0.141. The lowest BCUT2D eigenvalue weighted by Crippen LogP contribution is -2.43. The number of hydrogen-bond acceptors (Lipinski definition) is 3. The SMILES string of the molecule is CCS(=O)C1CCCC(NC(=O)CC2(O)CCCC2)C1. The van der Waals surface area contributed by atoms with Crippen LogP contribution < -0.4 is 5.32 Å². The molecule has 2 fully saturated rings. The lowest BCUT2D eigenvalue weighted by atomic mass is 9.93. The van der Waals surface area contributed by atoms with Gasteiger partial charge < -0.3 is 10.4 Å². The molecule has 2 saturated carbocycles. The van der Waals surface area contributed by atoms with Crippen LogP contribution in [0, 0.1) is 0 Å². The highest BCUT2D eigenvalue weighted by atomic mass is 32.2. The number of aliphatic hydroxyl groups is 1. The van der Waals surface area contributed by atoms with Gasteiger partial charge in [-0.05, 0) is 32.1 Å². The van der Waals surface area contributed by atoms with Gasteiger partial charge >= 0.3 is 0 Å². The van der Waals surface area contributed by atoms with E-state index in [1.54, 1.807) is 0 Å².